The van der Waals surface area contributed by atoms with Gasteiger partial charge in [0.25, 0.3) is 0 Å². The largest absolute Gasteiger partial charge is 0.507 e. The molecule has 1 aromatic rings. The summed E-state index contributed by atoms with van der Waals surface area (Å²) in [6.45, 7) is 10.1. The first-order valence-corrected chi connectivity index (χ1v) is 11.8. The lowest BCUT2D eigenvalue weighted by atomic mass is 9.47. The molecule has 1 saturated carbocycles. The number of rotatable bonds is 1. The Morgan fingerprint density at radius 3 is 2.56 bits per heavy atom. The number of fused-ring (bicyclic) bond motifs is 4. The number of phenolic OH excluding ortho intramolecular Hbond substituents is 1. The Hall–Kier alpha value is -1.83. The minimum Gasteiger partial charge on any atom is -0.507 e. The summed E-state index contributed by atoms with van der Waals surface area (Å²) in [6.07, 6.45) is 3.18. The lowest BCUT2D eigenvalue weighted by Gasteiger charge is -2.75. The topological polar surface area (TPSA) is 94.5 Å². The third kappa shape index (κ3) is 2.11. The van der Waals surface area contributed by atoms with Gasteiger partial charge in [-0.2, -0.15) is 0 Å². The second kappa shape index (κ2) is 5.80. The lowest BCUT2D eigenvalue weighted by Crippen LogP contribution is -2.86. The zero-order valence-corrected chi connectivity index (χ0v) is 19.4. The Kier molecular flexibility index (Phi) is 3.76. The number of carbonyl (C=O) groups excluding carboxylic acids is 1. The van der Waals surface area contributed by atoms with E-state index in [9.17, 15) is 15.0 Å². The van der Waals surface area contributed by atoms with E-state index in [-0.39, 0.29) is 23.3 Å². The highest BCUT2D eigenvalue weighted by Gasteiger charge is 2.81. The normalized spacial score (nSPS) is 46.1. The van der Waals surface area contributed by atoms with Gasteiger partial charge >= 0.3 is 5.97 Å². The maximum atomic E-state index is 12.6. The summed E-state index contributed by atoms with van der Waals surface area (Å²) in [7, 11) is 0. The van der Waals surface area contributed by atoms with Crippen molar-refractivity contribution in [2.75, 3.05) is 0 Å². The van der Waals surface area contributed by atoms with Gasteiger partial charge in [0.2, 0.25) is 0 Å². The van der Waals surface area contributed by atoms with Gasteiger partial charge in [0.15, 0.2) is 11.6 Å². The molecule has 5 heterocycles. The molecule has 0 amide bonds. The van der Waals surface area contributed by atoms with Crippen molar-refractivity contribution in [3.8, 4) is 11.5 Å². The quantitative estimate of drug-likeness (QED) is 0.639. The number of ether oxygens (including phenoxy) is 4. The fourth-order valence-electron chi connectivity index (χ4n) is 7.31. The summed E-state index contributed by atoms with van der Waals surface area (Å²) >= 11 is 0. The van der Waals surface area contributed by atoms with Crippen LogP contribution in [-0.4, -0.2) is 45.1 Å². The third-order valence-electron chi connectivity index (χ3n) is 9.34. The SMILES string of the molecule is CC(C)[C@@]12CC[C@]3(C)[C@]4(Cc5c(cc(O)c6c5C[C@@H](C)OC6=O)O[C@]4(C)CC[C@]3(O)O1)O2. The zero-order valence-electron chi connectivity index (χ0n) is 19.4. The van der Waals surface area contributed by atoms with Crippen molar-refractivity contribution in [2.45, 2.75) is 102 Å². The Labute approximate surface area is 188 Å². The first-order valence-electron chi connectivity index (χ1n) is 11.8. The second-order valence-corrected chi connectivity index (χ2v) is 11.3. The van der Waals surface area contributed by atoms with Crippen LogP contribution in [0.2, 0.25) is 0 Å². The van der Waals surface area contributed by atoms with E-state index < -0.39 is 34.2 Å². The minimum absolute atomic E-state index is 0.0447. The van der Waals surface area contributed by atoms with Gasteiger partial charge in [0, 0.05) is 43.2 Å². The van der Waals surface area contributed by atoms with Crippen LogP contribution in [0.25, 0.3) is 0 Å². The van der Waals surface area contributed by atoms with E-state index in [1.165, 1.54) is 0 Å². The molecule has 4 bridgehead atoms. The highest BCUT2D eigenvalue weighted by molar-refractivity contribution is 5.96. The lowest BCUT2D eigenvalue weighted by molar-refractivity contribution is -0.543. The molecule has 0 aromatic heterocycles. The highest BCUT2D eigenvalue weighted by atomic mass is 16.8. The molecule has 4 fully saturated rings. The van der Waals surface area contributed by atoms with Gasteiger partial charge in [0.05, 0.1) is 5.41 Å². The van der Waals surface area contributed by atoms with E-state index in [1.54, 1.807) is 6.07 Å². The number of aromatic hydroxyl groups is 1. The molecule has 3 saturated heterocycles. The Bertz CT molecular complexity index is 1050. The molecule has 2 N–H and O–H groups in total. The molecule has 7 rings (SSSR count). The number of cyclic esters (lactones) is 1. The van der Waals surface area contributed by atoms with Crippen LogP contribution in [0.5, 0.6) is 11.5 Å². The first kappa shape index (κ1) is 20.8. The van der Waals surface area contributed by atoms with Crippen molar-refractivity contribution in [2.24, 2.45) is 11.3 Å². The van der Waals surface area contributed by atoms with Crippen LogP contribution in [0.3, 0.4) is 0 Å². The highest BCUT2D eigenvalue weighted by Crippen LogP contribution is 2.72. The van der Waals surface area contributed by atoms with Crippen LogP contribution in [-0.2, 0) is 27.1 Å². The van der Waals surface area contributed by atoms with Crippen LogP contribution in [0.15, 0.2) is 6.07 Å². The van der Waals surface area contributed by atoms with Gasteiger partial charge in [-0.05, 0) is 32.3 Å². The van der Waals surface area contributed by atoms with Gasteiger partial charge < -0.3 is 29.2 Å². The number of benzene rings is 1. The minimum atomic E-state index is -1.31. The van der Waals surface area contributed by atoms with Crippen LogP contribution in [0.1, 0.15) is 81.8 Å². The molecule has 0 radical (unpaired) electrons. The number of esters is 1. The fourth-order valence-corrected chi connectivity index (χ4v) is 7.31. The number of phenols is 1. The summed E-state index contributed by atoms with van der Waals surface area (Å²) < 4.78 is 25.5. The molecular formula is C25H32O7. The van der Waals surface area contributed by atoms with Crippen LogP contribution in [0, 0.1) is 11.3 Å². The van der Waals surface area contributed by atoms with Crippen molar-refractivity contribution in [1.29, 1.82) is 0 Å². The molecule has 1 aromatic carbocycles. The molecule has 1 spiro atoms. The van der Waals surface area contributed by atoms with Crippen molar-refractivity contribution >= 4 is 5.97 Å². The summed E-state index contributed by atoms with van der Waals surface area (Å²) in [5.74, 6) is -2.18. The standard InChI is InChI=1S/C25H32O7/c1-13(2)23-8-6-21(4)24(31-23)12-16-15-10-14(3)29-20(27)19(15)17(26)11-18(16)30-22(24,5)7-9-25(21,28)32-23/h11,13-14,26,28H,6-10,12H2,1-5H3/t14-,21-,22-,23-,24+,25+/m1/s1. The predicted molar refractivity (Wildman–Crippen MR) is 113 cm³/mol. The van der Waals surface area contributed by atoms with Gasteiger partial charge in [-0.15, -0.1) is 0 Å². The number of hydrogen-bond donors (Lipinski definition) is 2. The summed E-state index contributed by atoms with van der Waals surface area (Å²) in [6, 6.07) is 1.54. The van der Waals surface area contributed by atoms with Crippen LogP contribution >= 0.6 is 0 Å². The molecule has 6 atom stereocenters. The summed E-state index contributed by atoms with van der Waals surface area (Å²) in [5.41, 5.74) is -0.383. The summed E-state index contributed by atoms with van der Waals surface area (Å²) in [5, 5.41) is 22.5. The monoisotopic (exact) mass is 444 g/mol. The molecule has 7 heteroatoms. The molecule has 6 aliphatic rings. The average Bonchev–Trinajstić information content (AvgIpc) is 2.69. The molecular weight excluding hydrogens is 412 g/mol. The molecule has 32 heavy (non-hydrogen) atoms. The van der Waals surface area contributed by atoms with Crippen molar-refractivity contribution in [3.05, 3.63) is 22.8 Å². The third-order valence-corrected chi connectivity index (χ3v) is 9.34. The van der Waals surface area contributed by atoms with E-state index in [0.29, 0.717) is 37.9 Å². The van der Waals surface area contributed by atoms with Gasteiger partial charge in [-0.25, -0.2) is 4.79 Å². The van der Waals surface area contributed by atoms with E-state index >= 15 is 0 Å². The Morgan fingerprint density at radius 1 is 1.09 bits per heavy atom. The van der Waals surface area contributed by atoms with E-state index in [0.717, 1.165) is 17.5 Å². The Morgan fingerprint density at radius 2 is 1.84 bits per heavy atom. The molecule has 174 valence electrons. The van der Waals surface area contributed by atoms with Crippen molar-refractivity contribution in [3.63, 3.8) is 0 Å². The van der Waals surface area contributed by atoms with Crippen LogP contribution in [0.4, 0.5) is 0 Å². The van der Waals surface area contributed by atoms with Gasteiger partial charge in [-0.1, -0.05) is 20.8 Å². The maximum Gasteiger partial charge on any atom is 0.342 e. The molecule has 5 aliphatic heterocycles. The predicted octanol–water partition coefficient (Wildman–Crippen LogP) is 3.61. The zero-order chi connectivity index (χ0) is 22.9. The molecule has 7 nitrogen and oxygen atoms in total. The Balaban J connectivity index is 1.60. The van der Waals surface area contributed by atoms with E-state index in [2.05, 4.69) is 27.7 Å². The van der Waals surface area contributed by atoms with Crippen molar-refractivity contribution < 1.29 is 34.0 Å². The van der Waals surface area contributed by atoms with Crippen LogP contribution < -0.4 is 4.74 Å². The van der Waals surface area contributed by atoms with E-state index in [4.69, 9.17) is 18.9 Å². The fraction of sp³-hybridized carbons (Fsp3) is 0.720. The number of aliphatic hydroxyl groups is 1. The van der Waals surface area contributed by atoms with Gasteiger partial charge in [-0.3, -0.25) is 0 Å². The molecule has 0 unspecified atom stereocenters. The number of hydrogen-bond acceptors (Lipinski definition) is 7. The van der Waals surface area contributed by atoms with E-state index in [1.807, 2.05) is 6.92 Å². The first-order chi connectivity index (χ1) is 14.9. The maximum absolute atomic E-state index is 12.6. The number of carbonyl (C=O) groups is 1. The second-order valence-electron chi connectivity index (χ2n) is 11.3. The smallest absolute Gasteiger partial charge is 0.342 e. The average molecular weight is 445 g/mol. The van der Waals surface area contributed by atoms with Crippen molar-refractivity contribution in [1.82, 2.24) is 0 Å². The molecule has 1 aliphatic carbocycles. The van der Waals surface area contributed by atoms with Gasteiger partial charge in [0.1, 0.15) is 34.4 Å². The summed E-state index contributed by atoms with van der Waals surface area (Å²) in [4.78, 5) is 12.6.